The average Bonchev–Trinajstić information content (AvgIpc) is 2.38. The van der Waals surface area contributed by atoms with Gasteiger partial charge in [0.1, 0.15) is 8.07 Å². The Morgan fingerprint density at radius 3 is 1.70 bits per heavy atom. The van der Waals surface area contributed by atoms with Crippen LogP contribution in [0.1, 0.15) is 51.9 Å². The van der Waals surface area contributed by atoms with Crippen LogP contribution in [0.2, 0.25) is 16.6 Å². The van der Waals surface area contributed by atoms with Gasteiger partial charge < -0.3 is 0 Å². The summed E-state index contributed by atoms with van der Waals surface area (Å²) < 4.78 is 0. The number of halogens is 1. The van der Waals surface area contributed by atoms with Crippen LogP contribution in [0.5, 0.6) is 0 Å². The van der Waals surface area contributed by atoms with E-state index in [1.54, 1.807) is 0 Å². The van der Waals surface area contributed by atoms with Crippen LogP contribution >= 0.6 is 15.9 Å². The zero-order valence-corrected chi connectivity index (χ0v) is 16.2. The minimum Gasteiger partial charge on any atom is -0.129 e. The maximum absolute atomic E-state index is 3.77. The van der Waals surface area contributed by atoms with Gasteiger partial charge in [-0.3, -0.25) is 0 Å². The van der Waals surface area contributed by atoms with Crippen LogP contribution in [0.15, 0.2) is 30.3 Å². The zero-order chi connectivity index (χ0) is 15.3. The highest BCUT2D eigenvalue weighted by atomic mass is 79.9. The lowest BCUT2D eigenvalue weighted by Gasteiger charge is -2.38. The molecule has 0 radical (unpaired) electrons. The van der Waals surface area contributed by atoms with E-state index in [4.69, 9.17) is 0 Å². The summed E-state index contributed by atoms with van der Waals surface area (Å²) in [5.41, 5.74) is 7.08. The molecule has 0 amide bonds. The van der Waals surface area contributed by atoms with Crippen molar-refractivity contribution >= 4 is 24.0 Å². The van der Waals surface area contributed by atoms with Crippen molar-refractivity contribution in [2.75, 3.05) is 0 Å². The Labute approximate surface area is 134 Å². The Hall–Kier alpha value is -0.523. The third-order valence-corrected chi connectivity index (χ3v) is 11.4. The molecular weight excluding hydrogens is 324 g/mol. The van der Waals surface area contributed by atoms with Crippen LogP contribution in [-0.4, -0.2) is 8.07 Å². The fourth-order valence-electron chi connectivity index (χ4n) is 3.33. The minimum atomic E-state index is -1.61. The molecule has 0 bridgehead atoms. The Balaban J connectivity index is 3.12. The van der Waals surface area contributed by atoms with Crippen molar-refractivity contribution in [3.63, 3.8) is 0 Å². The first kappa shape index (κ1) is 17.5. The van der Waals surface area contributed by atoms with Crippen molar-refractivity contribution < 1.29 is 0 Å². The van der Waals surface area contributed by atoms with E-state index in [9.17, 15) is 0 Å². The van der Waals surface area contributed by atoms with Gasteiger partial charge in [0, 0.05) is 0 Å². The van der Waals surface area contributed by atoms with Gasteiger partial charge >= 0.3 is 0 Å². The first-order valence-electron chi connectivity index (χ1n) is 7.54. The van der Waals surface area contributed by atoms with Gasteiger partial charge in [0.2, 0.25) is 0 Å². The number of alkyl halides is 1. The Kier molecular flexibility index (Phi) is 6.55. The molecule has 1 aromatic rings. The maximum atomic E-state index is 3.77. The van der Waals surface area contributed by atoms with Gasteiger partial charge in [0.25, 0.3) is 0 Å². The lowest BCUT2D eigenvalue weighted by molar-refractivity contribution is 0.838. The van der Waals surface area contributed by atoms with Crippen LogP contribution in [0.25, 0.3) is 0 Å². The molecule has 0 nitrogen and oxygen atoms in total. The van der Waals surface area contributed by atoms with Gasteiger partial charge in [-0.15, -0.1) is 5.54 Å². The SMILES string of the molecule is CC(C)[Si](C#CC(Br)c1ccccc1)(C(C)C)C(C)C. The smallest absolute Gasteiger partial charge is 0.129 e. The first-order valence-corrected chi connectivity index (χ1v) is 10.7. The quantitative estimate of drug-likeness (QED) is 0.337. The van der Waals surface area contributed by atoms with E-state index in [0.29, 0.717) is 16.6 Å². The van der Waals surface area contributed by atoms with Gasteiger partial charge in [-0.2, -0.15) is 0 Å². The Morgan fingerprint density at radius 1 is 0.850 bits per heavy atom. The summed E-state index contributed by atoms with van der Waals surface area (Å²) in [4.78, 5) is 0.145. The highest BCUT2D eigenvalue weighted by Gasteiger charge is 2.41. The summed E-state index contributed by atoms with van der Waals surface area (Å²) in [6, 6.07) is 10.5. The van der Waals surface area contributed by atoms with E-state index in [1.165, 1.54) is 5.56 Å². The number of hydrogen-bond acceptors (Lipinski definition) is 0. The molecule has 0 saturated heterocycles. The van der Waals surface area contributed by atoms with Crippen LogP contribution < -0.4 is 0 Å². The molecule has 0 heterocycles. The molecule has 0 aromatic heterocycles. The van der Waals surface area contributed by atoms with E-state index in [2.05, 4.69) is 93.2 Å². The molecule has 1 atom stereocenters. The summed E-state index contributed by atoms with van der Waals surface area (Å²) >= 11 is 3.73. The van der Waals surface area contributed by atoms with Crippen molar-refractivity contribution in [1.29, 1.82) is 0 Å². The molecule has 2 heteroatoms. The van der Waals surface area contributed by atoms with Gasteiger partial charge in [0.15, 0.2) is 0 Å². The third kappa shape index (κ3) is 3.77. The predicted molar refractivity (Wildman–Crippen MR) is 96.9 cm³/mol. The number of rotatable bonds is 4. The van der Waals surface area contributed by atoms with Crippen molar-refractivity contribution in [1.82, 2.24) is 0 Å². The summed E-state index contributed by atoms with van der Waals surface area (Å²) in [5, 5.41) is 0. The molecule has 0 saturated carbocycles. The molecular formula is C18H27BrSi. The zero-order valence-electron chi connectivity index (χ0n) is 13.6. The van der Waals surface area contributed by atoms with Crippen LogP contribution in [0.3, 0.4) is 0 Å². The van der Waals surface area contributed by atoms with Crippen molar-refractivity contribution in [3.05, 3.63) is 35.9 Å². The Morgan fingerprint density at radius 2 is 1.30 bits per heavy atom. The van der Waals surface area contributed by atoms with E-state index >= 15 is 0 Å². The fraction of sp³-hybridized carbons (Fsp3) is 0.556. The molecule has 0 aliphatic rings. The molecule has 0 fully saturated rings. The van der Waals surface area contributed by atoms with E-state index in [1.807, 2.05) is 6.07 Å². The summed E-state index contributed by atoms with van der Waals surface area (Å²) in [6.45, 7) is 14.1. The summed E-state index contributed by atoms with van der Waals surface area (Å²) in [5.74, 6) is 3.51. The van der Waals surface area contributed by atoms with E-state index < -0.39 is 8.07 Å². The second-order valence-electron chi connectivity index (χ2n) is 6.44. The normalized spacial score (nSPS) is 13.5. The van der Waals surface area contributed by atoms with Gasteiger partial charge in [0.05, 0.1) is 4.83 Å². The second-order valence-corrected chi connectivity index (χ2v) is 12.9. The molecule has 1 rings (SSSR count). The molecule has 0 aliphatic heterocycles. The lowest BCUT2D eigenvalue weighted by atomic mass is 10.2. The molecule has 1 unspecified atom stereocenters. The van der Waals surface area contributed by atoms with Crippen LogP contribution in [-0.2, 0) is 0 Å². The van der Waals surface area contributed by atoms with Crippen molar-refractivity contribution in [2.45, 2.75) is 63.0 Å². The predicted octanol–water partition coefficient (Wildman–Crippen LogP) is 6.34. The standard InChI is InChI=1S/C18H27BrSi/c1-14(2)20(15(3)4,16(5)6)13-12-18(19)17-10-8-7-9-11-17/h7-11,14-16,18H,1-6H3. The highest BCUT2D eigenvalue weighted by molar-refractivity contribution is 9.09. The van der Waals surface area contributed by atoms with Gasteiger partial charge in [-0.1, -0.05) is 93.7 Å². The maximum Gasteiger partial charge on any atom is 0.146 e. The Bertz CT molecular complexity index is 443. The molecule has 1 aromatic carbocycles. The molecule has 0 spiro atoms. The monoisotopic (exact) mass is 350 g/mol. The van der Waals surface area contributed by atoms with Gasteiger partial charge in [-0.05, 0) is 22.2 Å². The molecule has 0 N–H and O–H groups in total. The largest absolute Gasteiger partial charge is 0.146 e. The van der Waals surface area contributed by atoms with Gasteiger partial charge in [-0.25, -0.2) is 0 Å². The topological polar surface area (TPSA) is 0 Å². The van der Waals surface area contributed by atoms with Crippen molar-refractivity contribution in [3.8, 4) is 11.5 Å². The first-order chi connectivity index (χ1) is 9.32. The fourth-order valence-corrected chi connectivity index (χ4v) is 9.22. The minimum absolute atomic E-state index is 0.145. The molecule has 0 aliphatic carbocycles. The third-order valence-electron chi connectivity index (χ3n) is 4.37. The van der Waals surface area contributed by atoms with Crippen LogP contribution in [0, 0.1) is 11.5 Å². The summed E-state index contributed by atoms with van der Waals surface area (Å²) in [6.07, 6.45) is 0. The van der Waals surface area contributed by atoms with Crippen LogP contribution in [0.4, 0.5) is 0 Å². The molecule has 110 valence electrons. The molecule has 20 heavy (non-hydrogen) atoms. The lowest BCUT2D eigenvalue weighted by Crippen LogP contribution is -2.43. The number of hydrogen-bond donors (Lipinski definition) is 0. The van der Waals surface area contributed by atoms with E-state index in [0.717, 1.165) is 0 Å². The van der Waals surface area contributed by atoms with E-state index in [-0.39, 0.29) is 4.83 Å². The average molecular weight is 351 g/mol. The van der Waals surface area contributed by atoms with Crippen molar-refractivity contribution in [2.24, 2.45) is 0 Å². The summed E-state index contributed by atoms with van der Waals surface area (Å²) in [7, 11) is -1.61. The second kappa shape index (κ2) is 7.48. The highest BCUT2D eigenvalue weighted by Crippen LogP contribution is 2.41. The number of benzene rings is 1.